The molecule has 1 unspecified atom stereocenters. The van der Waals surface area contributed by atoms with E-state index < -0.39 is 0 Å². The van der Waals surface area contributed by atoms with E-state index in [-0.39, 0.29) is 6.10 Å². The normalized spacial score (nSPS) is 18.2. The maximum Gasteiger partial charge on any atom is 0.162 e. The van der Waals surface area contributed by atoms with Gasteiger partial charge in [-0.2, -0.15) is 0 Å². The van der Waals surface area contributed by atoms with Gasteiger partial charge in [0.15, 0.2) is 11.5 Å². The van der Waals surface area contributed by atoms with Crippen molar-refractivity contribution in [2.75, 3.05) is 25.6 Å². The molecule has 0 saturated carbocycles. The molecule has 0 spiro atoms. The summed E-state index contributed by atoms with van der Waals surface area (Å²) in [6, 6.07) is 4.07. The summed E-state index contributed by atoms with van der Waals surface area (Å²) >= 11 is 5.60. The molecule has 0 aromatic heterocycles. The van der Waals surface area contributed by atoms with Crippen molar-refractivity contribution in [1.29, 1.82) is 0 Å². The highest BCUT2D eigenvalue weighted by Gasteiger charge is 2.21. The van der Waals surface area contributed by atoms with Gasteiger partial charge in [0.1, 0.15) is 12.7 Å². The molecule has 1 aromatic rings. The number of hydrogen-bond acceptors (Lipinski definition) is 3. The number of aryl methyl sites for hydroxylation is 2. The van der Waals surface area contributed by atoms with Crippen molar-refractivity contribution < 1.29 is 9.47 Å². The second-order valence-corrected chi connectivity index (χ2v) is 4.71. The number of rotatable bonds is 4. The van der Waals surface area contributed by atoms with Crippen molar-refractivity contribution in [3.05, 3.63) is 23.3 Å². The second kappa shape index (κ2) is 5.61. The topological polar surface area (TPSA) is 30.5 Å². The Kier molecular flexibility index (Phi) is 4.13. The molecular formula is C13H18ClNO2. The van der Waals surface area contributed by atoms with Gasteiger partial charge in [0.2, 0.25) is 0 Å². The lowest BCUT2D eigenvalue weighted by Crippen LogP contribution is -2.39. The van der Waals surface area contributed by atoms with Gasteiger partial charge in [0.25, 0.3) is 0 Å². The summed E-state index contributed by atoms with van der Waals surface area (Å²) in [4.78, 5) is 0. The van der Waals surface area contributed by atoms with E-state index in [9.17, 15) is 0 Å². The molecule has 0 fully saturated rings. The molecule has 1 aliphatic rings. The number of nitrogens with one attached hydrogen (secondary N) is 1. The smallest absolute Gasteiger partial charge is 0.162 e. The van der Waals surface area contributed by atoms with Gasteiger partial charge in [0.05, 0.1) is 0 Å². The summed E-state index contributed by atoms with van der Waals surface area (Å²) in [5, 5.41) is 3.22. The predicted octanol–water partition coefficient (Wildman–Crippen LogP) is 2.27. The molecule has 0 bridgehead atoms. The van der Waals surface area contributed by atoms with Crippen LogP contribution in [0.5, 0.6) is 11.5 Å². The minimum Gasteiger partial charge on any atom is -0.486 e. The van der Waals surface area contributed by atoms with Crippen molar-refractivity contribution in [3.63, 3.8) is 0 Å². The molecule has 3 nitrogen and oxygen atoms in total. The van der Waals surface area contributed by atoms with Gasteiger partial charge in [-0.25, -0.2) is 0 Å². The monoisotopic (exact) mass is 255 g/mol. The maximum absolute atomic E-state index is 5.88. The zero-order chi connectivity index (χ0) is 12.3. The standard InChI is InChI=1S/C13H18ClNO2/c1-9-5-12-13(6-10(9)2)17-11(8-16-12)7-15-4-3-14/h5-6,11,15H,3-4,7-8H2,1-2H3. The highest BCUT2D eigenvalue weighted by atomic mass is 35.5. The highest BCUT2D eigenvalue weighted by molar-refractivity contribution is 6.18. The lowest BCUT2D eigenvalue weighted by Gasteiger charge is -2.27. The van der Waals surface area contributed by atoms with E-state index in [2.05, 4.69) is 19.2 Å². The first-order valence-corrected chi connectivity index (χ1v) is 6.41. The number of fused-ring (bicyclic) bond motifs is 1. The lowest BCUT2D eigenvalue weighted by molar-refractivity contribution is 0.0907. The second-order valence-electron chi connectivity index (χ2n) is 4.33. The van der Waals surface area contributed by atoms with Gasteiger partial charge in [-0.3, -0.25) is 0 Å². The van der Waals surface area contributed by atoms with Gasteiger partial charge < -0.3 is 14.8 Å². The van der Waals surface area contributed by atoms with Crippen molar-refractivity contribution in [3.8, 4) is 11.5 Å². The third kappa shape index (κ3) is 3.05. The SMILES string of the molecule is Cc1cc2c(cc1C)OC(CNCCCl)CO2. The molecule has 1 N–H and O–H groups in total. The van der Waals surface area contributed by atoms with Crippen molar-refractivity contribution in [1.82, 2.24) is 5.32 Å². The molecular weight excluding hydrogens is 238 g/mol. The summed E-state index contributed by atoms with van der Waals surface area (Å²) < 4.78 is 11.6. The van der Waals surface area contributed by atoms with E-state index in [1.54, 1.807) is 0 Å². The molecule has 4 heteroatoms. The van der Waals surface area contributed by atoms with Crippen molar-refractivity contribution in [2.45, 2.75) is 20.0 Å². The van der Waals surface area contributed by atoms with Gasteiger partial charge in [-0.05, 0) is 37.1 Å². The first-order valence-electron chi connectivity index (χ1n) is 5.88. The molecule has 94 valence electrons. The number of ether oxygens (including phenoxy) is 2. The Labute approximate surface area is 107 Å². The Hall–Kier alpha value is -0.930. The van der Waals surface area contributed by atoms with Crippen LogP contribution in [0, 0.1) is 13.8 Å². The average Bonchev–Trinajstić information content (AvgIpc) is 2.31. The minimum absolute atomic E-state index is 0.0628. The van der Waals surface area contributed by atoms with E-state index in [0.29, 0.717) is 12.5 Å². The fraction of sp³-hybridized carbons (Fsp3) is 0.538. The van der Waals surface area contributed by atoms with E-state index in [4.69, 9.17) is 21.1 Å². The maximum atomic E-state index is 5.88. The Morgan fingerprint density at radius 2 is 2.00 bits per heavy atom. The molecule has 2 rings (SSSR count). The molecule has 1 atom stereocenters. The summed E-state index contributed by atoms with van der Waals surface area (Å²) in [5.41, 5.74) is 2.45. The average molecular weight is 256 g/mol. The van der Waals surface area contributed by atoms with E-state index >= 15 is 0 Å². The minimum atomic E-state index is 0.0628. The summed E-state index contributed by atoms with van der Waals surface area (Å²) in [6.07, 6.45) is 0.0628. The van der Waals surface area contributed by atoms with Crippen molar-refractivity contribution >= 4 is 11.6 Å². The first-order chi connectivity index (χ1) is 8.20. The Morgan fingerprint density at radius 3 is 2.71 bits per heavy atom. The van der Waals surface area contributed by atoms with Crippen LogP contribution < -0.4 is 14.8 Å². The summed E-state index contributed by atoms with van der Waals surface area (Å²) in [5.74, 6) is 2.31. The molecule has 0 amide bonds. The largest absolute Gasteiger partial charge is 0.486 e. The molecule has 1 aliphatic heterocycles. The highest BCUT2D eigenvalue weighted by Crippen LogP contribution is 2.34. The van der Waals surface area contributed by atoms with Crippen LogP contribution in [-0.4, -0.2) is 31.7 Å². The first kappa shape index (κ1) is 12.5. The Morgan fingerprint density at radius 1 is 1.29 bits per heavy atom. The van der Waals surface area contributed by atoms with Crippen molar-refractivity contribution in [2.24, 2.45) is 0 Å². The number of halogens is 1. The van der Waals surface area contributed by atoms with E-state index in [0.717, 1.165) is 24.6 Å². The van der Waals surface area contributed by atoms with Crippen LogP contribution >= 0.6 is 11.6 Å². The molecule has 1 heterocycles. The fourth-order valence-electron chi connectivity index (χ4n) is 1.79. The van der Waals surface area contributed by atoms with Gasteiger partial charge in [-0.1, -0.05) is 0 Å². The fourth-order valence-corrected chi connectivity index (χ4v) is 1.93. The Bertz CT molecular complexity index is 395. The van der Waals surface area contributed by atoms with Crippen LogP contribution in [-0.2, 0) is 0 Å². The summed E-state index contributed by atoms with van der Waals surface area (Å²) in [7, 11) is 0. The molecule has 0 radical (unpaired) electrons. The van der Waals surface area contributed by atoms with Crippen LogP contribution in [0.2, 0.25) is 0 Å². The number of alkyl halides is 1. The number of benzene rings is 1. The van der Waals surface area contributed by atoms with Crippen LogP contribution in [0.4, 0.5) is 0 Å². The van der Waals surface area contributed by atoms with E-state index in [1.807, 2.05) is 12.1 Å². The van der Waals surface area contributed by atoms with Crippen LogP contribution in [0.15, 0.2) is 12.1 Å². The Balaban J connectivity index is 2.00. The van der Waals surface area contributed by atoms with Gasteiger partial charge in [0, 0.05) is 19.0 Å². The molecule has 0 aliphatic carbocycles. The van der Waals surface area contributed by atoms with Crippen LogP contribution in [0.25, 0.3) is 0 Å². The third-order valence-corrected chi connectivity index (χ3v) is 3.11. The summed E-state index contributed by atoms with van der Waals surface area (Å²) in [6.45, 7) is 6.30. The van der Waals surface area contributed by atoms with E-state index in [1.165, 1.54) is 11.1 Å². The third-order valence-electron chi connectivity index (χ3n) is 2.92. The zero-order valence-electron chi connectivity index (χ0n) is 10.3. The van der Waals surface area contributed by atoms with Crippen LogP contribution in [0.1, 0.15) is 11.1 Å². The predicted molar refractivity (Wildman–Crippen MR) is 69.4 cm³/mol. The quantitative estimate of drug-likeness (QED) is 0.661. The molecule has 1 aromatic carbocycles. The van der Waals surface area contributed by atoms with Gasteiger partial charge >= 0.3 is 0 Å². The zero-order valence-corrected chi connectivity index (χ0v) is 11.0. The lowest BCUT2D eigenvalue weighted by atomic mass is 10.1. The van der Waals surface area contributed by atoms with Gasteiger partial charge in [-0.15, -0.1) is 11.6 Å². The molecule has 0 saturated heterocycles. The van der Waals surface area contributed by atoms with Crippen LogP contribution in [0.3, 0.4) is 0 Å². The molecule has 17 heavy (non-hydrogen) atoms. The number of hydrogen-bond donors (Lipinski definition) is 1.